The molecular formula is C17H22N2O. The van der Waals surface area contributed by atoms with Crippen molar-refractivity contribution in [1.29, 1.82) is 0 Å². The summed E-state index contributed by atoms with van der Waals surface area (Å²) in [7, 11) is 0. The fourth-order valence-electron chi connectivity index (χ4n) is 2.11. The van der Waals surface area contributed by atoms with Crippen molar-refractivity contribution in [2.75, 3.05) is 0 Å². The van der Waals surface area contributed by atoms with Gasteiger partial charge >= 0.3 is 0 Å². The number of ether oxygens (including phenoxy) is 1. The van der Waals surface area contributed by atoms with Crippen LogP contribution in [0.5, 0.6) is 5.75 Å². The molecule has 0 spiro atoms. The second kappa shape index (κ2) is 7.06. The topological polar surface area (TPSA) is 48.1 Å². The average molecular weight is 270 g/mol. The number of para-hydroxylation sites is 1. The molecule has 2 rings (SSSR count). The van der Waals surface area contributed by atoms with Gasteiger partial charge in [0.1, 0.15) is 12.4 Å². The van der Waals surface area contributed by atoms with Gasteiger partial charge in [0, 0.05) is 6.54 Å². The Kier molecular flexibility index (Phi) is 5.13. The van der Waals surface area contributed by atoms with Gasteiger partial charge in [-0.1, -0.05) is 38.1 Å². The summed E-state index contributed by atoms with van der Waals surface area (Å²) in [6, 6.07) is 14.1. The first-order valence-electron chi connectivity index (χ1n) is 7.11. The van der Waals surface area contributed by atoms with Crippen LogP contribution in [0.2, 0.25) is 0 Å². The third-order valence-corrected chi connectivity index (χ3v) is 3.51. The van der Waals surface area contributed by atoms with Gasteiger partial charge in [0.2, 0.25) is 0 Å². The fourth-order valence-corrected chi connectivity index (χ4v) is 2.11. The van der Waals surface area contributed by atoms with Gasteiger partial charge in [-0.2, -0.15) is 0 Å². The number of nitrogens with zero attached hydrogens (tertiary/aromatic N) is 1. The highest BCUT2D eigenvalue weighted by Crippen LogP contribution is 2.28. The maximum atomic E-state index is 5.94. The van der Waals surface area contributed by atoms with Crippen molar-refractivity contribution in [2.24, 2.45) is 5.73 Å². The van der Waals surface area contributed by atoms with Crippen molar-refractivity contribution in [3.63, 3.8) is 0 Å². The van der Waals surface area contributed by atoms with Gasteiger partial charge in [0.15, 0.2) is 0 Å². The van der Waals surface area contributed by atoms with E-state index >= 15 is 0 Å². The van der Waals surface area contributed by atoms with E-state index in [9.17, 15) is 0 Å². The van der Waals surface area contributed by atoms with Crippen LogP contribution in [-0.2, 0) is 13.2 Å². The molecule has 0 radical (unpaired) electrons. The molecule has 0 bridgehead atoms. The molecule has 3 heteroatoms. The van der Waals surface area contributed by atoms with E-state index in [1.54, 1.807) is 0 Å². The van der Waals surface area contributed by atoms with Crippen LogP contribution >= 0.6 is 0 Å². The number of hydrogen-bond donors (Lipinski definition) is 1. The van der Waals surface area contributed by atoms with Crippen molar-refractivity contribution in [1.82, 2.24) is 4.98 Å². The number of hydrogen-bond acceptors (Lipinski definition) is 3. The zero-order chi connectivity index (χ0) is 14.4. The summed E-state index contributed by atoms with van der Waals surface area (Å²) in [4.78, 5) is 4.45. The molecular weight excluding hydrogens is 248 g/mol. The van der Waals surface area contributed by atoms with Crippen LogP contribution in [0.15, 0.2) is 42.5 Å². The van der Waals surface area contributed by atoms with Gasteiger partial charge in [0.05, 0.1) is 11.4 Å². The minimum atomic E-state index is 0.456. The van der Waals surface area contributed by atoms with E-state index in [2.05, 4.69) is 31.0 Å². The molecule has 1 unspecified atom stereocenters. The molecule has 0 fully saturated rings. The molecule has 106 valence electrons. The zero-order valence-electron chi connectivity index (χ0n) is 12.2. The second-order valence-electron chi connectivity index (χ2n) is 4.96. The number of nitrogens with two attached hydrogens (primary N) is 1. The lowest BCUT2D eigenvalue weighted by atomic mass is 9.98. The van der Waals surface area contributed by atoms with Gasteiger partial charge in [-0.25, -0.2) is 0 Å². The minimum Gasteiger partial charge on any atom is -0.487 e. The van der Waals surface area contributed by atoms with E-state index in [1.165, 1.54) is 5.56 Å². The van der Waals surface area contributed by atoms with Crippen molar-refractivity contribution in [3.8, 4) is 5.75 Å². The lowest BCUT2D eigenvalue weighted by Crippen LogP contribution is -2.05. The molecule has 1 aromatic carbocycles. The Labute approximate surface area is 120 Å². The van der Waals surface area contributed by atoms with Crippen LogP contribution in [0.4, 0.5) is 0 Å². The van der Waals surface area contributed by atoms with Gasteiger partial charge < -0.3 is 10.5 Å². The summed E-state index contributed by atoms with van der Waals surface area (Å²) in [6.45, 7) is 5.34. The monoisotopic (exact) mass is 270 g/mol. The van der Waals surface area contributed by atoms with Crippen molar-refractivity contribution in [2.45, 2.75) is 39.3 Å². The lowest BCUT2D eigenvalue weighted by Gasteiger charge is -2.15. The third kappa shape index (κ3) is 3.58. The minimum absolute atomic E-state index is 0.456. The van der Waals surface area contributed by atoms with Crippen molar-refractivity contribution >= 4 is 0 Å². The highest BCUT2D eigenvalue weighted by atomic mass is 16.5. The fraction of sp³-hybridized carbons (Fsp3) is 0.353. The van der Waals surface area contributed by atoms with Gasteiger partial charge in [0.25, 0.3) is 0 Å². The Morgan fingerprint density at radius 1 is 1.10 bits per heavy atom. The maximum Gasteiger partial charge on any atom is 0.130 e. The van der Waals surface area contributed by atoms with Crippen molar-refractivity contribution < 1.29 is 4.74 Å². The molecule has 20 heavy (non-hydrogen) atoms. The molecule has 0 amide bonds. The Hall–Kier alpha value is -1.87. The Morgan fingerprint density at radius 2 is 1.85 bits per heavy atom. The first kappa shape index (κ1) is 14.5. The average Bonchev–Trinajstić information content (AvgIpc) is 2.52. The first-order chi connectivity index (χ1) is 9.74. The standard InChI is InChI=1S/C17H22N2O/c1-3-13(2)16-9-4-5-10-17(16)20-12-15-8-6-7-14(11-18)19-15/h4-10,13H,3,11-12,18H2,1-2H3. The van der Waals surface area contributed by atoms with E-state index in [0.717, 1.165) is 23.6 Å². The normalized spacial score (nSPS) is 12.2. The zero-order valence-corrected chi connectivity index (χ0v) is 12.2. The maximum absolute atomic E-state index is 5.94. The summed E-state index contributed by atoms with van der Waals surface area (Å²) in [5.41, 5.74) is 8.66. The van der Waals surface area contributed by atoms with E-state index in [0.29, 0.717) is 19.1 Å². The molecule has 2 N–H and O–H groups in total. The summed E-state index contributed by atoms with van der Waals surface area (Å²) >= 11 is 0. The highest BCUT2D eigenvalue weighted by Gasteiger charge is 2.09. The van der Waals surface area contributed by atoms with Crippen LogP contribution in [0, 0.1) is 0 Å². The van der Waals surface area contributed by atoms with Crippen LogP contribution in [-0.4, -0.2) is 4.98 Å². The molecule has 0 saturated heterocycles. The van der Waals surface area contributed by atoms with Crippen LogP contribution in [0.25, 0.3) is 0 Å². The molecule has 2 aromatic rings. The number of rotatable bonds is 6. The molecule has 1 heterocycles. The first-order valence-corrected chi connectivity index (χ1v) is 7.11. The quantitative estimate of drug-likeness (QED) is 0.872. The molecule has 3 nitrogen and oxygen atoms in total. The van der Waals surface area contributed by atoms with E-state index in [-0.39, 0.29) is 0 Å². The van der Waals surface area contributed by atoms with E-state index < -0.39 is 0 Å². The van der Waals surface area contributed by atoms with Crippen LogP contribution in [0.3, 0.4) is 0 Å². The van der Waals surface area contributed by atoms with Crippen LogP contribution in [0.1, 0.15) is 43.1 Å². The highest BCUT2D eigenvalue weighted by molar-refractivity contribution is 5.36. The molecule has 1 aromatic heterocycles. The van der Waals surface area contributed by atoms with E-state index in [4.69, 9.17) is 10.5 Å². The number of aromatic nitrogens is 1. The Balaban J connectivity index is 2.10. The largest absolute Gasteiger partial charge is 0.487 e. The van der Waals surface area contributed by atoms with E-state index in [1.807, 2.05) is 30.3 Å². The predicted octanol–water partition coefficient (Wildman–Crippen LogP) is 3.63. The predicted molar refractivity (Wildman–Crippen MR) is 81.6 cm³/mol. The second-order valence-corrected chi connectivity index (χ2v) is 4.96. The molecule has 1 atom stereocenters. The lowest BCUT2D eigenvalue weighted by molar-refractivity contribution is 0.296. The summed E-state index contributed by atoms with van der Waals surface area (Å²) in [5, 5.41) is 0. The summed E-state index contributed by atoms with van der Waals surface area (Å²) < 4.78 is 5.94. The third-order valence-electron chi connectivity index (χ3n) is 3.51. The molecule has 0 aliphatic heterocycles. The summed E-state index contributed by atoms with van der Waals surface area (Å²) in [5.74, 6) is 1.44. The molecule has 0 aliphatic rings. The van der Waals surface area contributed by atoms with Gasteiger partial charge in [-0.15, -0.1) is 0 Å². The SMILES string of the molecule is CCC(C)c1ccccc1OCc1cccc(CN)n1. The smallest absolute Gasteiger partial charge is 0.130 e. The van der Waals surface area contributed by atoms with Gasteiger partial charge in [-0.05, 0) is 36.1 Å². The summed E-state index contributed by atoms with van der Waals surface area (Å²) in [6.07, 6.45) is 1.10. The molecule has 0 saturated carbocycles. The number of pyridine rings is 1. The molecule has 0 aliphatic carbocycles. The van der Waals surface area contributed by atoms with Crippen LogP contribution < -0.4 is 10.5 Å². The Morgan fingerprint density at radius 3 is 2.60 bits per heavy atom. The van der Waals surface area contributed by atoms with Gasteiger partial charge in [-0.3, -0.25) is 4.98 Å². The number of benzene rings is 1. The Bertz CT molecular complexity index is 554. The van der Waals surface area contributed by atoms with Crippen molar-refractivity contribution in [3.05, 3.63) is 59.4 Å².